The van der Waals surface area contributed by atoms with Gasteiger partial charge >= 0.3 is 6.09 Å². The van der Waals surface area contributed by atoms with Gasteiger partial charge in [-0.1, -0.05) is 0 Å². The molecule has 1 aromatic rings. The number of aromatic nitrogens is 2. The number of thiocarbonyl (C=S) groups is 1. The van der Waals surface area contributed by atoms with Gasteiger partial charge < -0.3 is 10.4 Å². The second-order valence-electron chi connectivity index (χ2n) is 1.85. The van der Waals surface area contributed by atoms with Crippen LogP contribution in [0, 0.1) is 0 Å². The Balaban J connectivity index is 2.42. The molecule has 1 aromatic heterocycles. The molecular weight excluding hydrogens is 180 g/mol. The number of anilines is 1. The Labute approximate surface area is 73.0 Å². The van der Waals surface area contributed by atoms with Crippen LogP contribution in [0.15, 0.2) is 12.3 Å². The molecule has 1 amide bonds. The summed E-state index contributed by atoms with van der Waals surface area (Å²) in [7, 11) is 0. The van der Waals surface area contributed by atoms with Crippen molar-refractivity contribution in [1.82, 2.24) is 15.5 Å². The Morgan fingerprint density at radius 1 is 1.75 bits per heavy atom. The third-order valence-electron chi connectivity index (χ3n) is 0.969. The maximum atomic E-state index is 10.1. The standard InChI is InChI=1S/C5H6N4O2S/c10-5(11)8-4(12)7-3-1-2-6-9-3/h1-2H,(H,10,11)(H3,6,7,8,9,12). The SMILES string of the molecule is O=C(O)NC(=S)Nc1ccn[nH]1. The van der Waals surface area contributed by atoms with Gasteiger partial charge in [0, 0.05) is 6.07 Å². The number of carboxylic acid groups (broad SMARTS) is 1. The lowest BCUT2D eigenvalue weighted by Crippen LogP contribution is -2.32. The van der Waals surface area contributed by atoms with Crippen LogP contribution in [0.2, 0.25) is 0 Å². The molecule has 12 heavy (non-hydrogen) atoms. The summed E-state index contributed by atoms with van der Waals surface area (Å²) in [6.45, 7) is 0. The van der Waals surface area contributed by atoms with Crippen molar-refractivity contribution < 1.29 is 9.90 Å². The van der Waals surface area contributed by atoms with E-state index in [1.807, 2.05) is 5.32 Å². The number of amides is 1. The quantitative estimate of drug-likeness (QED) is 0.476. The van der Waals surface area contributed by atoms with E-state index in [0.29, 0.717) is 5.82 Å². The zero-order valence-corrected chi connectivity index (χ0v) is 6.68. The molecule has 0 atom stereocenters. The highest BCUT2D eigenvalue weighted by atomic mass is 32.1. The number of H-pyrrole nitrogens is 1. The molecule has 0 bridgehead atoms. The Morgan fingerprint density at radius 3 is 3.00 bits per heavy atom. The van der Waals surface area contributed by atoms with Gasteiger partial charge in [-0.2, -0.15) is 5.10 Å². The normalized spacial score (nSPS) is 9.00. The lowest BCUT2D eigenvalue weighted by Gasteiger charge is -2.02. The lowest BCUT2D eigenvalue weighted by molar-refractivity contribution is 0.200. The second kappa shape index (κ2) is 3.67. The molecule has 64 valence electrons. The van der Waals surface area contributed by atoms with Gasteiger partial charge in [0.15, 0.2) is 5.11 Å². The van der Waals surface area contributed by atoms with E-state index in [1.165, 1.54) is 6.20 Å². The second-order valence-corrected chi connectivity index (χ2v) is 2.26. The highest BCUT2D eigenvalue weighted by Crippen LogP contribution is 1.97. The van der Waals surface area contributed by atoms with Crippen molar-refractivity contribution in [2.75, 3.05) is 5.32 Å². The average molecular weight is 186 g/mol. The Hall–Kier alpha value is -1.63. The van der Waals surface area contributed by atoms with E-state index in [-0.39, 0.29) is 5.11 Å². The van der Waals surface area contributed by atoms with Crippen LogP contribution in [0.5, 0.6) is 0 Å². The molecule has 0 saturated carbocycles. The van der Waals surface area contributed by atoms with Gasteiger partial charge in [-0.15, -0.1) is 0 Å². The summed E-state index contributed by atoms with van der Waals surface area (Å²) in [5.41, 5.74) is 0. The molecule has 0 unspecified atom stereocenters. The van der Waals surface area contributed by atoms with Gasteiger partial charge in [0.05, 0.1) is 6.20 Å². The molecule has 4 N–H and O–H groups in total. The van der Waals surface area contributed by atoms with Crippen molar-refractivity contribution in [3.63, 3.8) is 0 Å². The molecule has 7 heteroatoms. The molecule has 6 nitrogen and oxygen atoms in total. The maximum absolute atomic E-state index is 10.1. The molecule has 0 spiro atoms. The van der Waals surface area contributed by atoms with Gasteiger partial charge in [0.25, 0.3) is 0 Å². The molecule has 0 aromatic carbocycles. The maximum Gasteiger partial charge on any atom is 0.410 e. The fourth-order valence-electron chi connectivity index (χ4n) is 0.576. The van der Waals surface area contributed by atoms with Crippen molar-refractivity contribution in [3.8, 4) is 0 Å². The smallest absolute Gasteiger partial charge is 0.410 e. The Kier molecular flexibility index (Phi) is 2.59. The number of nitrogens with zero attached hydrogens (tertiary/aromatic N) is 1. The van der Waals surface area contributed by atoms with Crippen LogP contribution in [0.25, 0.3) is 0 Å². The number of nitrogens with one attached hydrogen (secondary N) is 3. The molecule has 0 aliphatic rings. The molecule has 0 fully saturated rings. The summed E-state index contributed by atoms with van der Waals surface area (Å²) in [6.07, 6.45) is 0.318. The van der Waals surface area contributed by atoms with Crippen molar-refractivity contribution in [3.05, 3.63) is 12.3 Å². The number of hydrogen-bond acceptors (Lipinski definition) is 3. The van der Waals surface area contributed by atoms with Gasteiger partial charge in [-0.3, -0.25) is 10.4 Å². The lowest BCUT2D eigenvalue weighted by atomic mass is 10.6. The van der Waals surface area contributed by atoms with Crippen LogP contribution in [0.1, 0.15) is 0 Å². The highest BCUT2D eigenvalue weighted by molar-refractivity contribution is 7.80. The van der Waals surface area contributed by atoms with Gasteiger partial charge in [-0.25, -0.2) is 4.79 Å². The fraction of sp³-hybridized carbons (Fsp3) is 0. The third-order valence-corrected chi connectivity index (χ3v) is 1.17. The van der Waals surface area contributed by atoms with Crippen LogP contribution < -0.4 is 10.6 Å². The van der Waals surface area contributed by atoms with Gasteiger partial charge in [-0.05, 0) is 12.2 Å². The first-order valence-corrected chi connectivity index (χ1v) is 3.39. The summed E-state index contributed by atoms with van der Waals surface area (Å²) in [5, 5.41) is 19.0. The number of carbonyl (C=O) groups is 1. The van der Waals surface area contributed by atoms with Crippen molar-refractivity contribution >= 4 is 29.2 Å². The largest absolute Gasteiger partial charge is 0.465 e. The molecule has 0 radical (unpaired) electrons. The van der Waals surface area contributed by atoms with Crippen LogP contribution in [0.3, 0.4) is 0 Å². The predicted octanol–water partition coefficient (Wildman–Crippen LogP) is 0.374. The van der Waals surface area contributed by atoms with E-state index in [0.717, 1.165) is 0 Å². The summed E-state index contributed by atoms with van der Waals surface area (Å²) in [6, 6.07) is 1.62. The zero-order chi connectivity index (χ0) is 8.97. The van der Waals surface area contributed by atoms with Crippen LogP contribution in [-0.2, 0) is 0 Å². The number of hydrogen-bond donors (Lipinski definition) is 4. The monoisotopic (exact) mass is 186 g/mol. The van der Waals surface area contributed by atoms with Gasteiger partial charge in [0.2, 0.25) is 0 Å². The minimum Gasteiger partial charge on any atom is -0.465 e. The number of aromatic amines is 1. The molecule has 0 aliphatic heterocycles. The van der Waals surface area contributed by atoms with Crippen LogP contribution in [-0.4, -0.2) is 26.5 Å². The Morgan fingerprint density at radius 2 is 2.50 bits per heavy atom. The first kappa shape index (κ1) is 8.47. The molecule has 1 heterocycles. The summed E-state index contributed by atoms with van der Waals surface area (Å²) in [4.78, 5) is 10.1. The van der Waals surface area contributed by atoms with E-state index < -0.39 is 6.09 Å². The van der Waals surface area contributed by atoms with Crippen molar-refractivity contribution in [2.45, 2.75) is 0 Å². The van der Waals surface area contributed by atoms with Crippen LogP contribution in [0.4, 0.5) is 10.6 Å². The van der Waals surface area contributed by atoms with Crippen molar-refractivity contribution in [1.29, 1.82) is 0 Å². The van der Waals surface area contributed by atoms with Crippen LogP contribution >= 0.6 is 12.2 Å². The summed E-state index contributed by atoms with van der Waals surface area (Å²) in [5.74, 6) is 0.536. The van der Waals surface area contributed by atoms with E-state index >= 15 is 0 Å². The van der Waals surface area contributed by atoms with E-state index in [9.17, 15) is 4.79 Å². The average Bonchev–Trinajstić information content (AvgIpc) is 2.37. The van der Waals surface area contributed by atoms with E-state index in [1.54, 1.807) is 6.07 Å². The predicted molar refractivity (Wildman–Crippen MR) is 46.0 cm³/mol. The highest BCUT2D eigenvalue weighted by Gasteiger charge is 2.00. The fourth-order valence-corrected chi connectivity index (χ4v) is 0.773. The zero-order valence-electron chi connectivity index (χ0n) is 5.87. The molecule has 0 aliphatic carbocycles. The minimum absolute atomic E-state index is 0.00625. The third kappa shape index (κ3) is 2.54. The molecule has 1 rings (SSSR count). The van der Waals surface area contributed by atoms with Crippen molar-refractivity contribution in [2.24, 2.45) is 0 Å². The summed E-state index contributed by atoms with van der Waals surface area (Å²) >= 11 is 4.63. The molecular formula is C5H6N4O2S. The van der Waals surface area contributed by atoms with E-state index in [2.05, 4.69) is 27.7 Å². The first-order chi connectivity index (χ1) is 5.68. The number of rotatable bonds is 1. The molecule has 0 saturated heterocycles. The minimum atomic E-state index is -1.20. The topological polar surface area (TPSA) is 90.0 Å². The van der Waals surface area contributed by atoms with E-state index in [4.69, 9.17) is 5.11 Å². The first-order valence-electron chi connectivity index (χ1n) is 2.99. The van der Waals surface area contributed by atoms with Gasteiger partial charge in [0.1, 0.15) is 5.82 Å². The Bertz CT molecular complexity index is 284. The summed E-state index contributed by atoms with van der Waals surface area (Å²) < 4.78 is 0.